The van der Waals surface area contributed by atoms with Crippen LogP contribution in [0.5, 0.6) is 0 Å². The van der Waals surface area contributed by atoms with Gasteiger partial charge in [0, 0.05) is 18.0 Å². The van der Waals surface area contributed by atoms with Crippen LogP contribution >= 0.6 is 11.3 Å². The molecule has 7 nitrogen and oxygen atoms in total. The lowest BCUT2D eigenvalue weighted by Gasteiger charge is -2.22. The van der Waals surface area contributed by atoms with Gasteiger partial charge in [-0.25, -0.2) is 4.79 Å². The number of anilines is 1. The normalized spacial score (nSPS) is 15.6. The Balaban J connectivity index is 2.04. The van der Waals surface area contributed by atoms with E-state index in [1.54, 1.807) is 0 Å². The van der Waals surface area contributed by atoms with Gasteiger partial charge < -0.3 is 10.0 Å². The molecule has 0 fully saturated rings. The molecule has 0 aromatic carbocycles. The van der Waals surface area contributed by atoms with Gasteiger partial charge in [-0.15, -0.1) is 11.3 Å². The van der Waals surface area contributed by atoms with Gasteiger partial charge in [-0.1, -0.05) is 0 Å². The number of hydrogen-bond acceptors (Lipinski definition) is 6. The SMILES string of the molecule is CN1CCc2sc(Nn3c(=O)c3=O)c(C(=O)O)c2C1. The van der Waals surface area contributed by atoms with E-state index in [1.807, 2.05) is 11.9 Å². The third kappa shape index (κ3) is 1.89. The Hall–Kier alpha value is -1.93. The molecule has 0 aliphatic carbocycles. The summed E-state index contributed by atoms with van der Waals surface area (Å²) in [7, 11) is 1.93. The Morgan fingerprint density at radius 1 is 1.37 bits per heavy atom. The molecule has 3 rings (SSSR count). The minimum atomic E-state index is -1.04. The van der Waals surface area contributed by atoms with Crippen LogP contribution in [0.4, 0.5) is 5.00 Å². The van der Waals surface area contributed by atoms with Crippen LogP contribution in [-0.4, -0.2) is 34.2 Å². The Bertz CT molecular complexity index is 712. The number of aromatic carboxylic acids is 1. The number of likely N-dealkylation sites (N-methyl/N-ethyl adjacent to an activating group) is 1. The Labute approximate surface area is 111 Å². The van der Waals surface area contributed by atoms with Crippen molar-refractivity contribution in [3.05, 3.63) is 36.7 Å². The molecule has 0 amide bonds. The van der Waals surface area contributed by atoms with E-state index in [1.165, 1.54) is 11.3 Å². The molecule has 8 heteroatoms. The quantitative estimate of drug-likeness (QED) is 0.751. The van der Waals surface area contributed by atoms with Crippen molar-refractivity contribution in [3.63, 3.8) is 0 Å². The van der Waals surface area contributed by atoms with Crippen molar-refractivity contribution in [2.24, 2.45) is 0 Å². The standard InChI is InChI=1S/C11H11N3O4S/c1-13-3-2-6-5(4-13)7(11(17)18)8(19-6)12-14-9(15)10(14)16/h12H,2-4H2,1H3,(H,17,18). The van der Waals surface area contributed by atoms with Gasteiger partial charge in [0.1, 0.15) is 10.6 Å². The van der Waals surface area contributed by atoms with E-state index in [-0.39, 0.29) is 5.56 Å². The number of nitrogens with one attached hydrogen (secondary N) is 1. The molecule has 0 atom stereocenters. The first-order valence-corrected chi connectivity index (χ1v) is 6.52. The fourth-order valence-corrected chi connectivity index (χ4v) is 3.34. The van der Waals surface area contributed by atoms with Crippen LogP contribution in [0, 0.1) is 0 Å². The zero-order valence-corrected chi connectivity index (χ0v) is 10.9. The Morgan fingerprint density at radius 2 is 2.05 bits per heavy atom. The largest absolute Gasteiger partial charge is 0.478 e. The number of nitrogens with zero attached hydrogens (tertiary/aromatic N) is 2. The zero-order chi connectivity index (χ0) is 13.7. The first-order valence-electron chi connectivity index (χ1n) is 5.70. The van der Waals surface area contributed by atoms with Gasteiger partial charge in [0.05, 0.1) is 0 Å². The molecule has 0 unspecified atom stereocenters. The van der Waals surface area contributed by atoms with Crippen LogP contribution in [0.2, 0.25) is 0 Å². The van der Waals surface area contributed by atoms with Crippen molar-refractivity contribution in [2.75, 3.05) is 19.0 Å². The fraction of sp³-hybridized carbons (Fsp3) is 0.364. The van der Waals surface area contributed by atoms with Crippen molar-refractivity contribution < 1.29 is 9.90 Å². The van der Waals surface area contributed by atoms with Crippen LogP contribution < -0.4 is 16.5 Å². The Kier molecular flexibility index (Phi) is 2.58. The Morgan fingerprint density at radius 3 is 2.63 bits per heavy atom. The lowest BCUT2D eigenvalue weighted by molar-refractivity contribution is 0.0696. The van der Waals surface area contributed by atoms with Crippen molar-refractivity contribution >= 4 is 22.3 Å². The van der Waals surface area contributed by atoms with Gasteiger partial charge in [0.25, 0.3) is 0 Å². The summed E-state index contributed by atoms with van der Waals surface area (Å²) in [6, 6.07) is 0. The molecule has 1 aliphatic rings. The first kappa shape index (κ1) is 12.1. The van der Waals surface area contributed by atoms with Crippen molar-refractivity contribution in [1.29, 1.82) is 0 Å². The van der Waals surface area contributed by atoms with Crippen LogP contribution in [0.25, 0.3) is 0 Å². The summed E-state index contributed by atoms with van der Waals surface area (Å²) in [6.07, 6.45) is 0.778. The second-order valence-electron chi connectivity index (χ2n) is 4.56. The second-order valence-corrected chi connectivity index (χ2v) is 5.66. The van der Waals surface area contributed by atoms with Crippen LogP contribution in [-0.2, 0) is 13.0 Å². The van der Waals surface area contributed by atoms with Crippen molar-refractivity contribution in [1.82, 2.24) is 9.58 Å². The van der Waals surface area contributed by atoms with Gasteiger partial charge in [0.15, 0.2) is 0 Å². The van der Waals surface area contributed by atoms with E-state index >= 15 is 0 Å². The lowest BCUT2D eigenvalue weighted by Crippen LogP contribution is -2.26. The van der Waals surface area contributed by atoms with Gasteiger partial charge >= 0.3 is 17.1 Å². The summed E-state index contributed by atoms with van der Waals surface area (Å²) in [5.74, 6) is -1.04. The predicted molar refractivity (Wildman–Crippen MR) is 69.7 cm³/mol. The maximum absolute atomic E-state index is 11.4. The predicted octanol–water partition coefficient (Wildman–Crippen LogP) is -0.293. The second kappa shape index (κ2) is 4.04. The number of thiophene rings is 1. The average molecular weight is 281 g/mol. The van der Waals surface area contributed by atoms with E-state index in [0.29, 0.717) is 11.5 Å². The lowest BCUT2D eigenvalue weighted by atomic mass is 10.0. The summed E-state index contributed by atoms with van der Waals surface area (Å²) in [5, 5.41) is 9.68. The molecule has 100 valence electrons. The summed E-state index contributed by atoms with van der Waals surface area (Å²) in [6.45, 7) is 1.44. The highest BCUT2D eigenvalue weighted by molar-refractivity contribution is 7.16. The van der Waals surface area contributed by atoms with E-state index in [2.05, 4.69) is 5.43 Å². The molecule has 0 saturated carbocycles. The maximum atomic E-state index is 11.4. The number of hydrogen-bond donors (Lipinski definition) is 2. The molecule has 2 aromatic heterocycles. The van der Waals surface area contributed by atoms with Gasteiger partial charge in [0.2, 0.25) is 0 Å². The maximum Gasteiger partial charge on any atom is 0.340 e. The van der Waals surface area contributed by atoms with Crippen LogP contribution in [0.15, 0.2) is 9.59 Å². The number of rotatable bonds is 3. The van der Waals surface area contributed by atoms with E-state index in [9.17, 15) is 19.5 Å². The highest BCUT2D eigenvalue weighted by Crippen LogP contribution is 2.36. The molecule has 2 N–H and O–H groups in total. The molecule has 0 radical (unpaired) electrons. The molecule has 2 aromatic rings. The van der Waals surface area contributed by atoms with Crippen molar-refractivity contribution in [2.45, 2.75) is 13.0 Å². The number of carboxylic acids is 1. The molecule has 0 spiro atoms. The molecule has 3 heterocycles. The minimum absolute atomic E-state index is 0.166. The van der Waals surface area contributed by atoms with Crippen LogP contribution in [0.3, 0.4) is 0 Å². The summed E-state index contributed by atoms with van der Waals surface area (Å²) < 4.78 is 0.827. The summed E-state index contributed by atoms with van der Waals surface area (Å²) in [5.41, 5.74) is 2.25. The summed E-state index contributed by atoms with van der Waals surface area (Å²) in [4.78, 5) is 36.3. The smallest absolute Gasteiger partial charge is 0.340 e. The van der Waals surface area contributed by atoms with Gasteiger partial charge in [-0.2, -0.15) is 4.68 Å². The monoisotopic (exact) mass is 281 g/mol. The molecule has 0 saturated heterocycles. The number of carbonyl (C=O) groups is 1. The molecule has 0 bridgehead atoms. The third-order valence-corrected chi connectivity index (χ3v) is 4.40. The molecular weight excluding hydrogens is 270 g/mol. The molecule has 1 aliphatic heterocycles. The van der Waals surface area contributed by atoms with Gasteiger partial charge in [-0.05, 0) is 19.0 Å². The number of carboxylic acid groups (broad SMARTS) is 1. The zero-order valence-electron chi connectivity index (χ0n) is 10.1. The fourth-order valence-electron chi connectivity index (χ4n) is 2.17. The van der Waals surface area contributed by atoms with E-state index in [4.69, 9.17) is 0 Å². The van der Waals surface area contributed by atoms with E-state index < -0.39 is 17.1 Å². The highest BCUT2D eigenvalue weighted by atomic mass is 32.1. The molecular formula is C11H11N3O4S. The molecule has 19 heavy (non-hydrogen) atoms. The topological polar surface area (TPSA) is 91.6 Å². The van der Waals surface area contributed by atoms with Gasteiger partial charge in [-0.3, -0.25) is 15.0 Å². The third-order valence-electron chi connectivity index (χ3n) is 3.21. The van der Waals surface area contributed by atoms with Crippen molar-refractivity contribution in [3.8, 4) is 0 Å². The first-order chi connectivity index (χ1) is 8.99. The number of aromatic nitrogens is 1. The average Bonchev–Trinajstić information content (AvgIpc) is 2.77. The minimum Gasteiger partial charge on any atom is -0.478 e. The van der Waals surface area contributed by atoms with Crippen LogP contribution in [0.1, 0.15) is 20.8 Å². The number of fused-ring (bicyclic) bond motifs is 1. The van der Waals surface area contributed by atoms with E-state index in [0.717, 1.165) is 28.1 Å². The highest BCUT2D eigenvalue weighted by Gasteiger charge is 2.28. The summed E-state index contributed by atoms with van der Waals surface area (Å²) >= 11 is 1.30.